The lowest BCUT2D eigenvalue weighted by Gasteiger charge is -2.32. The lowest BCUT2D eigenvalue weighted by molar-refractivity contribution is -0.129. The van der Waals surface area contributed by atoms with E-state index in [1.807, 2.05) is 0 Å². The summed E-state index contributed by atoms with van der Waals surface area (Å²) in [7, 11) is 0. The number of hydrogen-bond donors (Lipinski definition) is 0. The first-order chi connectivity index (χ1) is 7.66. The van der Waals surface area contributed by atoms with E-state index < -0.39 is 0 Å². The number of carbonyl (C=O) groups is 1. The van der Waals surface area contributed by atoms with Crippen molar-refractivity contribution in [3.63, 3.8) is 0 Å². The monoisotopic (exact) mass is 222 g/mol. The summed E-state index contributed by atoms with van der Waals surface area (Å²) in [6.07, 6.45) is 9.92. The number of rotatable bonds is 2. The van der Waals surface area contributed by atoms with Gasteiger partial charge in [0.2, 0.25) is 0 Å². The molecule has 2 fully saturated rings. The standard InChI is InChI=1S/C15H26O/c1-11-5-3-7-13(9-11)15(16)14-8-4-6-12(2)10-14/h11-14H,3-10H2,1-2H3/t11-,12-,13-,14-/m1/s1. The highest BCUT2D eigenvalue weighted by molar-refractivity contribution is 5.83. The Balaban J connectivity index is 1.90. The van der Waals surface area contributed by atoms with E-state index in [1.165, 1.54) is 51.4 Å². The molecule has 1 heteroatoms. The van der Waals surface area contributed by atoms with Gasteiger partial charge >= 0.3 is 0 Å². The summed E-state index contributed by atoms with van der Waals surface area (Å²) in [5, 5.41) is 0. The van der Waals surface area contributed by atoms with Crippen LogP contribution in [0.5, 0.6) is 0 Å². The third-order valence-corrected chi connectivity index (χ3v) is 4.68. The molecule has 0 spiro atoms. The molecule has 0 heterocycles. The minimum absolute atomic E-state index is 0.416. The summed E-state index contributed by atoms with van der Waals surface area (Å²) in [6.45, 7) is 4.62. The molecule has 0 radical (unpaired) electrons. The summed E-state index contributed by atoms with van der Waals surface area (Å²) >= 11 is 0. The van der Waals surface area contributed by atoms with E-state index in [4.69, 9.17) is 0 Å². The van der Waals surface area contributed by atoms with Crippen LogP contribution in [0.2, 0.25) is 0 Å². The van der Waals surface area contributed by atoms with Crippen molar-refractivity contribution in [2.45, 2.75) is 65.2 Å². The first-order valence-electron chi connectivity index (χ1n) is 7.20. The number of ketones is 1. The van der Waals surface area contributed by atoms with E-state index in [2.05, 4.69) is 13.8 Å². The van der Waals surface area contributed by atoms with E-state index >= 15 is 0 Å². The molecule has 1 nitrogen and oxygen atoms in total. The van der Waals surface area contributed by atoms with Gasteiger partial charge in [0.1, 0.15) is 5.78 Å². The van der Waals surface area contributed by atoms with Crippen LogP contribution in [0.25, 0.3) is 0 Å². The van der Waals surface area contributed by atoms with Crippen molar-refractivity contribution in [3.05, 3.63) is 0 Å². The van der Waals surface area contributed by atoms with Crippen molar-refractivity contribution in [2.24, 2.45) is 23.7 Å². The predicted molar refractivity (Wildman–Crippen MR) is 67.3 cm³/mol. The van der Waals surface area contributed by atoms with Gasteiger partial charge in [0, 0.05) is 11.8 Å². The second-order valence-corrected chi connectivity index (χ2v) is 6.34. The fourth-order valence-electron chi connectivity index (χ4n) is 3.72. The van der Waals surface area contributed by atoms with Crippen LogP contribution in [0.4, 0.5) is 0 Å². The Kier molecular flexibility index (Phi) is 4.05. The average molecular weight is 222 g/mol. The zero-order valence-electron chi connectivity index (χ0n) is 10.9. The van der Waals surface area contributed by atoms with Gasteiger partial charge in [-0.15, -0.1) is 0 Å². The number of Topliss-reactive ketones (excluding diaryl/α,β-unsaturated/α-hetero) is 1. The van der Waals surface area contributed by atoms with Gasteiger partial charge in [-0.05, 0) is 37.5 Å². The summed E-state index contributed by atoms with van der Waals surface area (Å²) in [4.78, 5) is 12.4. The van der Waals surface area contributed by atoms with Gasteiger partial charge < -0.3 is 0 Å². The molecule has 2 rings (SSSR count). The molecule has 0 N–H and O–H groups in total. The van der Waals surface area contributed by atoms with Crippen LogP contribution >= 0.6 is 0 Å². The van der Waals surface area contributed by atoms with Crippen molar-refractivity contribution in [1.82, 2.24) is 0 Å². The second kappa shape index (κ2) is 5.33. The van der Waals surface area contributed by atoms with Crippen LogP contribution in [0.15, 0.2) is 0 Å². The van der Waals surface area contributed by atoms with Gasteiger partial charge in [-0.2, -0.15) is 0 Å². The van der Waals surface area contributed by atoms with Crippen molar-refractivity contribution in [3.8, 4) is 0 Å². The minimum Gasteiger partial charge on any atom is -0.299 e. The maximum atomic E-state index is 12.4. The molecule has 16 heavy (non-hydrogen) atoms. The molecule has 0 aromatic carbocycles. The zero-order valence-corrected chi connectivity index (χ0v) is 10.9. The Bertz CT molecular complexity index is 222. The normalized spacial score (nSPS) is 40.6. The Morgan fingerprint density at radius 3 is 1.62 bits per heavy atom. The molecule has 4 atom stereocenters. The predicted octanol–water partition coefficient (Wildman–Crippen LogP) is 4.21. The smallest absolute Gasteiger partial charge is 0.139 e. The van der Waals surface area contributed by atoms with Gasteiger partial charge in [0.25, 0.3) is 0 Å². The fraction of sp³-hybridized carbons (Fsp3) is 0.933. The highest BCUT2D eigenvalue weighted by atomic mass is 16.1. The van der Waals surface area contributed by atoms with Crippen molar-refractivity contribution < 1.29 is 4.79 Å². The molecular formula is C15H26O. The second-order valence-electron chi connectivity index (χ2n) is 6.34. The summed E-state index contributed by atoms with van der Waals surface area (Å²) in [6, 6.07) is 0. The van der Waals surface area contributed by atoms with Crippen LogP contribution in [-0.4, -0.2) is 5.78 Å². The molecule has 0 unspecified atom stereocenters. The van der Waals surface area contributed by atoms with Crippen LogP contribution in [0, 0.1) is 23.7 Å². The zero-order chi connectivity index (χ0) is 11.5. The van der Waals surface area contributed by atoms with Crippen molar-refractivity contribution >= 4 is 5.78 Å². The lowest BCUT2D eigenvalue weighted by Crippen LogP contribution is -2.30. The van der Waals surface area contributed by atoms with Crippen LogP contribution in [0.3, 0.4) is 0 Å². The molecule has 0 bridgehead atoms. The fourth-order valence-corrected chi connectivity index (χ4v) is 3.72. The van der Waals surface area contributed by atoms with E-state index in [0.29, 0.717) is 17.6 Å². The molecule has 0 aromatic heterocycles. The SMILES string of the molecule is C[C@@H]1CCC[C@@H](C(=O)[C@@H]2CCC[C@@H](C)C2)C1. The maximum Gasteiger partial charge on any atom is 0.139 e. The van der Waals surface area contributed by atoms with Gasteiger partial charge in [-0.25, -0.2) is 0 Å². The number of carbonyl (C=O) groups excluding carboxylic acids is 1. The third-order valence-electron chi connectivity index (χ3n) is 4.68. The van der Waals surface area contributed by atoms with E-state index in [1.54, 1.807) is 0 Å². The molecular weight excluding hydrogens is 196 g/mol. The third kappa shape index (κ3) is 2.87. The quantitative estimate of drug-likeness (QED) is 0.684. The maximum absolute atomic E-state index is 12.4. The Morgan fingerprint density at radius 2 is 1.25 bits per heavy atom. The van der Waals surface area contributed by atoms with E-state index in [0.717, 1.165) is 11.8 Å². The Labute approximate surface area is 100.0 Å². The minimum atomic E-state index is 0.416. The first-order valence-corrected chi connectivity index (χ1v) is 7.20. The van der Waals surface area contributed by atoms with Crippen LogP contribution in [0.1, 0.15) is 65.2 Å². The van der Waals surface area contributed by atoms with Crippen molar-refractivity contribution in [2.75, 3.05) is 0 Å². The number of hydrogen-bond acceptors (Lipinski definition) is 1. The Hall–Kier alpha value is -0.330. The average Bonchev–Trinajstić information content (AvgIpc) is 2.28. The molecule has 0 aliphatic heterocycles. The molecule has 0 aromatic rings. The summed E-state index contributed by atoms with van der Waals surface area (Å²) in [5.74, 6) is 3.02. The van der Waals surface area contributed by atoms with Crippen LogP contribution in [-0.2, 0) is 4.79 Å². The molecule has 0 saturated heterocycles. The van der Waals surface area contributed by atoms with Gasteiger partial charge in [-0.1, -0.05) is 39.5 Å². The first kappa shape index (κ1) is 12.1. The molecule has 0 amide bonds. The topological polar surface area (TPSA) is 17.1 Å². The lowest BCUT2D eigenvalue weighted by atomic mass is 9.72. The van der Waals surface area contributed by atoms with Crippen molar-refractivity contribution in [1.29, 1.82) is 0 Å². The van der Waals surface area contributed by atoms with Gasteiger partial charge in [-0.3, -0.25) is 4.79 Å². The van der Waals surface area contributed by atoms with Gasteiger partial charge in [0.15, 0.2) is 0 Å². The largest absolute Gasteiger partial charge is 0.299 e. The molecule has 92 valence electrons. The molecule has 2 aliphatic carbocycles. The summed E-state index contributed by atoms with van der Waals surface area (Å²) < 4.78 is 0. The highest BCUT2D eigenvalue weighted by Crippen LogP contribution is 2.36. The molecule has 2 saturated carbocycles. The molecule has 2 aliphatic rings. The summed E-state index contributed by atoms with van der Waals surface area (Å²) in [5.41, 5.74) is 0. The van der Waals surface area contributed by atoms with Crippen LogP contribution < -0.4 is 0 Å². The highest BCUT2D eigenvalue weighted by Gasteiger charge is 2.32. The van der Waals surface area contributed by atoms with E-state index in [9.17, 15) is 4.79 Å². The van der Waals surface area contributed by atoms with E-state index in [-0.39, 0.29) is 0 Å². The Morgan fingerprint density at radius 1 is 0.812 bits per heavy atom. The van der Waals surface area contributed by atoms with Gasteiger partial charge in [0.05, 0.1) is 0 Å².